The summed E-state index contributed by atoms with van der Waals surface area (Å²) in [5.74, 6) is 0.674. The summed E-state index contributed by atoms with van der Waals surface area (Å²) >= 11 is 1.90. The quantitative estimate of drug-likeness (QED) is 0.836. The highest BCUT2D eigenvalue weighted by molar-refractivity contribution is 8.00. The van der Waals surface area contributed by atoms with Gasteiger partial charge in [-0.3, -0.25) is 4.79 Å². The van der Waals surface area contributed by atoms with Crippen molar-refractivity contribution in [2.45, 2.75) is 60.8 Å². The molecule has 0 amide bonds. The fraction of sp³-hybridized carbons (Fsp3) is 0.667. The normalized spacial score (nSPS) is 33.7. The van der Waals surface area contributed by atoms with Crippen LogP contribution in [0.5, 0.6) is 0 Å². The Labute approximate surface area is 127 Å². The number of fused-ring (bicyclic) bond motifs is 3. The second-order valence-electron chi connectivity index (χ2n) is 6.32. The molecule has 2 heterocycles. The first-order valence-corrected chi connectivity index (χ1v) is 8.61. The summed E-state index contributed by atoms with van der Waals surface area (Å²) in [6.45, 7) is 0. The van der Waals surface area contributed by atoms with Gasteiger partial charge in [0.2, 0.25) is 0 Å². The fourth-order valence-corrected chi connectivity index (χ4v) is 5.48. The maximum atomic E-state index is 11.1. The highest BCUT2D eigenvalue weighted by Gasteiger charge is 2.40. The van der Waals surface area contributed by atoms with Crippen molar-refractivity contribution in [3.8, 4) is 0 Å². The van der Waals surface area contributed by atoms with Crippen LogP contribution in [0.4, 0.5) is 5.82 Å². The molecule has 5 nitrogen and oxygen atoms in total. The molecule has 3 aliphatic rings. The van der Waals surface area contributed by atoms with E-state index < -0.39 is 5.97 Å². The van der Waals surface area contributed by atoms with E-state index in [-0.39, 0.29) is 12.0 Å². The van der Waals surface area contributed by atoms with Crippen LogP contribution in [0.3, 0.4) is 0 Å². The number of anilines is 1. The Bertz CT molecular complexity index is 580. The average molecular weight is 305 g/mol. The molecule has 0 spiro atoms. The summed E-state index contributed by atoms with van der Waals surface area (Å²) in [6, 6.07) is 0.232. The van der Waals surface area contributed by atoms with E-state index >= 15 is 0 Å². The van der Waals surface area contributed by atoms with E-state index in [9.17, 15) is 4.79 Å². The molecule has 1 aromatic heterocycles. The van der Waals surface area contributed by atoms with Gasteiger partial charge in [-0.15, -0.1) is 11.8 Å². The molecule has 0 aromatic carbocycles. The molecular weight excluding hydrogens is 286 g/mol. The van der Waals surface area contributed by atoms with Gasteiger partial charge in [0.1, 0.15) is 17.2 Å². The van der Waals surface area contributed by atoms with E-state index in [4.69, 9.17) is 5.11 Å². The van der Waals surface area contributed by atoms with Crippen molar-refractivity contribution in [2.24, 2.45) is 5.92 Å². The van der Waals surface area contributed by atoms with Crippen LogP contribution in [0.15, 0.2) is 11.4 Å². The highest BCUT2D eigenvalue weighted by Crippen LogP contribution is 2.54. The largest absolute Gasteiger partial charge is 0.481 e. The zero-order valence-corrected chi connectivity index (χ0v) is 12.6. The molecule has 4 atom stereocenters. The minimum absolute atomic E-state index is 0.203. The van der Waals surface area contributed by atoms with Gasteiger partial charge in [-0.05, 0) is 32.1 Å². The topological polar surface area (TPSA) is 75.1 Å². The maximum Gasteiger partial charge on any atom is 0.306 e. The number of aromatic nitrogens is 2. The van der Waals surface area contributed by atoms with Crippen LogP contribution in [-0.4, -0.2) is 32.3 Å². The summed E-state index contributed by atoms with van der Waals surface area (Å²) < 4.78 is 0. The Kier molecular flexibility index (Phi) is 3.28. The van der Waals surface area contributed by atoms with E-state index in [0.717, 1.165) is 23.7 Å². The summed E-state index contributed by atoms with van der Waals surface area (Å²) in [4.78, 5) is 20.0. The molecule has 6 heteroatoms. The standard InChI is InChI=1S/C15H19N3O2S/c19-15(20)8-4-5-9(6-8)18-13-12-10-2-1-3-11(10)21-14(12)17-7-16-13/h7-11H,1-6H2,(H,19,20)(H,16,17,18)/t8-,9+,10?,11?/m1/s1. The van der Waals surface area contributed by atoms with Crippen LogP contribution >= 0.6 is 11.8 Å². The Morgan fingerprint density at radius 2 is 2.19 bits per heavy atom. The second-order valence-corrected chi connectivity index (χ2v) is 7.55. The minimum Gasteiger partial charge on any atom is -0.481 e. The van der Waals surface area contributed by atoms with Crippen molar-refractivity contribution in [1.82, 2.24) is 9.97 Å². The third kappa shape index (κ3) is 2.29. The van der Waals surface area contributed by atoms with E-state index in [2.05, 4.69) is 15.3 Å². The third-order valence-electron chi connectivity index (χ3n) is 5.06. The number of carboxylic acid groups (broad SMARTS) is 1. The Morgan fingerprint density at radius 3 is 3.00 bits per heavy atom. The lowest BCUT2D eigenvalue weighted by Gasteiger charge is -2.18. The van der Waals surface area contributed by atoms with Gasteiger partial charge in [-0.2, -0.15) is 0 Å². The van der Waals surface area contributed by atoms with Crippen molar-refractivity contribution in [2.75, 3.05) is 5.32 Å². The van der Waals surface area contributed by atoms with Crippen LogP contribution in [0.2, 0.25) is 0 Å². The number of nitrogens with zero attached hydrogens (tertiary/aromatic N) is 2. The van der Waals surface area contributed by atoms with Crippen LogP contribution in [-0.2, 0) is 4.79 Å². The average Bonchev–Trinajstić information content (AvgIpc) is 3.12. The van der Waals surface area contributed by atoms with Crippen LogP contribution in [0.1, 0.15) is 50.0 Å². The predicted molar refractivity (Wildman–Crippen MR) is 80.7 cm³/mol. The number of hydrogen-bond donors (Lipinski definition) is 2. The van der Waals surface area contributed by atoms with Gasteiger partial charge >= 0.3 is 5.97 Å². The maximum absolute atomic E-state index is 11.1. The minimum atomic E-state index is -0.668. The second kappa shape index (κ2) is 5.16. The number of carbonyl (C=O) groups is 1. The van der Waals surface area contributed by atoms with Crippen LogP contribution in [0.25, 0.3) is 0 Å². The van der Waals surface area contributed by atoms with Gasteiger partial charge < -0.3 is 10.4 Å². The number of aliphatic carboxylic acids is 1. The van der Waals surface area contributed by atoms with Gasteiger partial charge in [0.05, 0.1) is 5.92 Å². The van der Waals surface area contributed by atoms with Gasteiger partial charge in [-0.1, -0.05) is 6.42 Å². The molecule has 0 radical (unpaired) electrons. The molecule has 2 aliphatic carbocycles. The monoisotopic (exact) mass is 305 g/mol. The summed E-state index contributed by atoms with van der Waals surface area (Å²) in [7, 11) is 0. The number of rotatable bonds is 3. The number of thioether (sulfide) groups is 1. The molecular formula is C15H19N3O2S. The lowest BCUT2D eigenvalue weighted by molar-refractivity contribution is -0.141. The van der Waals surface area contributed by atoms with E-state index in [0.29, 0.717) is 17.6 Å². The zero-order chi connectivity index (χ0) is 14.4. The molecule has 1 aromatic rings. The van der Waals surface area contributed by atoms with E-state index in [1.165, 1.54) is 24.8 Å². The van der Waals surface area contributed by atoms with E-state index in [1.54, 1.807) is 6.33 Å². The van der Waals surface area contributed by atoms with Crippen molar-refractivity contribution in [3.05, 3.63) is 11.9 Å². The molecule has 1 aliphatic heterocycles. The first kappa shape index (κ1) is 13.4. The predicted octanol–water partition coefficient (Wildman–Crippen LogP) is 2.88. The van der Waals surface area contributed by atoms with Crippen molar-refractivity contribution in [3.63, 3.8) is 0 Å². The fourth-order valence-electron chi connectivity index (χ4n) is 3.99. The van der Waals surface area contributed by atoms with Gasteiger partial charge in [0.15, 0.2) is 0 Å². The molecule has 112 valence electrons. The first-order valence-electron chi connectivity index (χ1n) is 7.73. The molecule has 2 fully saturated rings. The van der Waals surface area contributed by atoms with Gasteiger partial charge in [0.25, 0.3) is 0 Å². The summed E-state index contributed by atoms with van der Waals surface area (Å²) in [5, 5.41) is 14.4. The van der Waals surface area contributed by atoms with E-state index in [1.807, 2.05) is 11.8 Å². The molecule has 2 N–H and O–H groups in total. The van der Waals surface area contributed by atoms with Crippen molar-refractivity contribution >= 4 is 23.5 Å². The number of hydrogen-bond acceptors (Lipinski definition) is 5. The first-order chi connectivity index (χ1) is 10.2. The molecule has 2 saturated carbocycles. The number of carboxylic acids is 1. The smallest absolute Gasteiger partial charge is 0.306 e. The number of nitrogens with one attached hydrogen (secondary N) is 1. The summed E-state index contributed by atoms with van der Waals surface area (Å²) in [5.41, 5.74) is 1.30. The van der Waals surface area contributed by atoms with Crippen molar-refractivity contribution in [1.29, 1.82) is 0 Å². The molecule has 0 saturated heterocycles. The van der Waals surface area contributed by atoms with Gasteiger partial charge in [0, 0.05) is 22.8 Å². The van der Waals surface area contributed by atoms with Crippen LogP contribution in [0, 0.1) is 5.92 Å². The SMILES string of the molecule is O=C(O)[C@@H]1CC[C@H](Nc2ncnc3c2C2CCCC2S3)C1. The summed E-state index contributed by atoms with van der Waals surface area (Å²) in [6.07, 6.45) is 7.82. The Hall–Kier alpha value is -1.30. The Morgan fingerprint density at radius 1 is 1.29 bits per heavy atom. The highest BCUT2D eigenvalue weighted by atomic mass is 32.2. The lowest BCUT2D eigenvalue weighted by atomic mass is 9.99. The molecule has 2 unspecified atom stereocenters. The van der Waals surface area contributed by atoms with Gasteiger partial charge in [-0.25, -0.2) is 9.97 Å². The lowest BCUT2D eigenvalue weighted by Crippen LogP contribution is -2.20. The zero-order valence-electron chi connectivity index (χ0n) is 11.8. The molecule has 0 bridgehead atoms. The third-order valence-corrected chi connectivity index (χ3v) is 6.47. The molecule has 21 heavy (non-hydrogen) atoms. The molecule has 4 rings (SSSR count). The Balaban J connectivity index is 1.55. The van der Waals surface area contributed by atoms with Crippen molar-refractivity contribution < 1.29 is 9.90 Å². The van der Waals surface area contributed by atoms with Crippen LogP contribution < -0.4 is 5.32 Å².